The second-order valence-electron chi connectivity index (χ2n) is 6.60. The third-order valence-electron chi connectivity index (χ3n) is 4.29. The van der Waals surface area contributed by atoms with Crippen LogP contribution in [0.15, 0.2) is 77.7 Å². The van der Waals surface area contributed by atoms with E-state index in [2.05, 4.69) is 10.6 Å². The zero-order valence-corrected chi connectivity index (χ0v) is 16.8. The van der Waals surface area contributed by atoms with Gasteiger partial charge in [0.15, 0.2) is 9.84 Å². The fraction of sp³-hybridized carbons (Fsp3) is 0.0909. The van der Waals surface area contributed by atoms with Gasteiger partial charge in [-0.2, -0.15) is 0 Å². The monoisotopic (exact) mass is 408 g/mol. The van der Waals surface area contributed by atoms with Crippen molar-refractivity contribution in [1.82, 2.24) is 0 Å². The summed E-state index contributed by atoms with van der Waals surface area (Å²) in [5.74, 6) is -0.640. The number of carbonyl (C=O) groups is 2. The van der Waals surface area contributed by atoms with Crippen LogP contribution >= 0.6 is 0 Å². The van der Waals surface area contributed by atoms with Crippen molar-refractivity contribution in [2.24, 2.45) is 0 Å². The van der Waals surface area contributed by atoms with Gasteiger partial charge in [0.1, 0.15) is 0 Å². The van der Waals surface area contributed by atoms with Crippen LogP contribution in [-0.4, -0.2) is 26.5 Å². The van der Waals surface area contributed by atoms with E-state index in [1.54, 1.807) is 55.5 Å². The van der Waals surface area contributed by atoms with Crippen molar-refractivity contribution < 1.29 is 18.0 Å². The molecule has 6 nitrogen and oxygen atoms in total. The summed E-state index contributed by atoms with van der Waals surface area (Å²) in [6.07, 6.45) is 1.09. The van der Waals surface area contributed by atoms with E-state index < -0.39 is 15.7 Å². The molecule has 0 saturated carbocycles. The highest BCUT2D eigenvalue weighted by atomic mass is 32.2. The second kappa shape index (κ2) is 8.28. The number of sulfone groups is 1. The van der Waals surface area contributed by atoms with E-state index >= 15 is 0 Å². The van der Waals surface area contributed by atoms with Crippen LogP contribution in [0.25, 0.3) is 0 Å². The van der Waals surface area contributed by atoms with E-state index in [1.807, 2.05) is 6.07 Å². The van der Waals surface area contributed by atoms with E-state index in [-0.39, 0.29) is 16.4 Å². The van der Waals surface area contributed by atoms with Crippen LogP contribution in [-0.2, 0) is 9.84 Å². The van der Waals surface area contributed by atoms with E-state index in [1.165, 1.54) is 18.2 Å². The van der Waals surface area contributed by atoms with Gasteiger partial charge in [0.05, 0.1) is 4.90 Å². The highest BCUT2D eigenvalue weighted by Crippen LogP contribution is 2.21. The van der Waals surface area contributed by atoms with Crippen molar-refractivity contribution >= 4 is 33.0 Å². The molecule has 0 radical (unpaired) electrons. The molecule has 0 unspecified atom stereocenters. The Bertz CT molecular complexity index is 1170. The van der Waals surface area contributed by atoms with Gasteiger partial charge < -0.3 is 10.6 Å². The van der Waals surface area contributed by atoms with Crippen molar-refractivity contribution in [2.75, 3.05) is 16.9 Å². The van der Waals surface area contributed by atoms with Crippen LogP contribution in [0, 0.1) is 6.92 Å². The molecular weight excluding hydrogens is 388 g/mol. The lowest BCUT2D eigenvalue weighted by molar-refractivity contribution is 0.101. The minimum atomic E-state index is -3.40. The SMILES string of the molecule is Cc1cc(NC(=O)c2ccccc2)ccc1NC(=O)c1cccc(S(C)(=O)=O)c1. The average Bonchev–Trinajstić information content (AvgIpc) is 2.70. The Morgan fingerprint density at radius 1 is 0.759 bits per heavy atom. The van der Waals surface area contributed by atoms with Gasteiger partial charge in [0.25, 0.3) is 11.8 Å². The Morgan fingerprint density at radius 2 is 1.41 bits per heavy atom. The van der Waals surface area contributed by atoms with Crippen LogP contribution in [0.3, 0.4) is 0 Å². The van der Waals surface area contributed by atoms with Crippen LogP contribution in [0.2, 0.25) is 0 Å². The molecule has 0 aromatic heterocycles. The maximum atomic E-state index is 12.5. The summed E-state index contributed by atoms with van der Waals surface area (Å²) in [7, 11) is -3.40. The summed E-state index contributed by atoms with van der Waals surface area (Å²) in [6, 6.07) is 19.9. The van der Waals surface area contributed by atoms with E-state index in [9.17, 15) is 18.0 Å². The Hall–Kier alpha value is -3.45. The minimum Gasteiger partial charge on any atom is -0.322 e. The Morgan fingerprint density at radius 3 is 2.07 bits per heavy atom. The van der Waals surface area contributed by atoms with Gasteiger partial charge in [0, 0.05) is 28.8 Å². The number of amides is 2. The number of rotatable bonds is 5. The lowest BCUT2D eigenvalue weighted by Gasteiger charge is -2.12. The lowest BCUT2D eigenvalue weighted by Crippen LogP contribution is -2.14. The molecule has 0 heterocycles. The molecule has 0 saturated heterocycles. The molecule has 148 valence electrons. The molecule has 0 aliphatic heterocycles. The quantitative estimate of drug-likeness (QED) is 0.670. The molecule has 3 aromatic carbocycles. The normalized spacial score (nSPS) is 11.0. The summed E-state index contributed by atoms with van der Waals surface area (Å²) < 4.78 is 23.4. The highest BCUT2D eigenvalue weighted by Gasteiger charge is 2.13. The first-order chi connectivity index (χ1) is 13.7. The number of nitrogens with one attached hydrogen (secondary N) is 2. The van der Waals surface area contributed by atoms with Gasteiger partial charge >= 0.3 is 0 Å². The predicted octanol–water partition coefficient (Wildman–Crippen LogP) is 3.90. The highest BCUT2D eigenvalue weighted by molar-refractivity contribution is 7.90. The van der Waals surface area contributed by atoms with Gasteiger partial charge in [-0.3, -0.25) is 9.59 Å². The number of hydrogen-bond acceptors (Lipinski definition) is 4. The first-order valence-electron chi connectivity index (χ1n) is 8.82. The number of anilines is 2. The van der Waals surface area contributed by atoms with Crippen molar-refractivity contribution in [2.45, 2.75) is 11.8 Å². The molecule has 0 bridgehead atoms. The molecule has 0 spiro atoms. The molecule has 2 N–H and O–H groups in total. The molecular formula is C22H20N2O4S. The minimum absolute atomic E-state index is 0.0841. The second-order valence-corrected chi connectivity index (χ2v) is 8.62. The van der Waals surface area contributed by atoms with Crippen LogP contribution < -0.4 is 10.6 Å². The largest absolute Gasteiger partial charge is 0.322 e. The molecule has 0 fully saturated rings. The maximum absolute atomic E-state index is 12.5. The van der Waals surface area contributed by atoms with Gasteiger partial charge in [-0.1, -0.05) is 24.3 Å². The molecule has 3 rings (SSSR count). The van der Waals surface area contributed by atoms with Crippen LogP contribution in [0.1, 0.15) is 26.3 Å². The predicted molar refractivity (Wildman–Crippen MR) is 113 cm³/mol. The fourth-order valence-corrected chi connectivity index (χ4v) is 3.40. The molecule has 3 aromatic rings. The van der Waals surface area contributed by atoms with Gasteiger partial charge in [-0.05, 0) is 61.0 Å². The van der Waals surface area contributed by atoms with Crippen molar-refractivity contribution in [3.8, 4) is 0 Å². The van der Waals surface area contributed by atoms with Gasteiger partial charge in [-0.25, -0.2) is 8.42 Å². The maximum Gasteiger partial charge on any atom is 0.255 e. The smallest absolute Gasteiger partial charge is 0.255 e. The van der Waals surface area contributed by atoms with E-state index in [0.29, 0.717) is 16.9 Å². The zero-order chi connectivity index (χ0) is 21.0. The van der Waals surface area contributed by atoms with Crippen molar-refractivity contribution in [3.63, 3.8) is 0 Å². The first kappa shape index (κ1) is 20.3. The summed E-state index contributed by atoms with van der Waals surface area (Å²) in [4.78, 5) is 24.9. The third-order valence-corrected chi connectivity index (χ3v) is 5.40. The molecule has 0 aliphatic carbocycles. The van der Waals surface area contributed by atoms with E-state index in [4.69, 9.17) is 0 Å². The molecule has 0 aliphatic rings. The standard InChI is InChI=1S/C22H20N2O4S/c1-15-13-18(23-21(25)16-7-4-3-5-8-16)11-12-20(15)24-22(26)17-9-6-10-19(14-17)29(2,27)28/h3-14H,1-2H3,(H,23,25)(H,24,26). The first-order valence-corrected chi connectivity index (χ1v) is 10.7. The topological polar surface area (TPSA) is 92.3 Å². The molecule has 7 heteroatoms. The third kappa shape index (κ3) is 5.08. The fourth-order valence-electron chi connectivity index (χ4n) is 2.74. The van der Waals surface area contributed by atoms with Crippen molar-refractivity contribution in [1.29, 1.82) is 0 Å². The summed E-state index contributed by atoms with van der Waals surface area (Å²) in [6.45, 7) is 1.81. The van der Waals surface area contributed by atoms with Crippen LogP contribution in [0.4, 0.5) is 11.4 Å². The lowest BCUT2D eigenvalue weighted by atomic mass is 10.1. The average molecular weight is 408 g/mol. The Labute approximate surface area is 169 Å². The summed E-state index contributed by atoms with van der Waals surface area (Å²) in [5.41, 5.74) is 2.72. The number of benzene rings is 3. The van der Waals surface area contributed by atoms with Crippen LogP contribution in [0.5, 0.6) is 0 Å². The van der Waals surface area contributed by atoms with Crippen molar-refractivity contribution in [3.05, 3.63) is 89.5 Å². The number of hydrogen-bond donors (Lipinski definition) is 2. The molecule has 29 heavy (non-hydrogen) atoms. The Balaban J connectivity index is 1.74. The Kier molecular flexibility index (Phi) is 5.79. The number of carbonyl (C=O) groups excluding carboxylic acids is 2. The summed E-state index contributed by atoms with van der Waals surface area (Å²) in [5, 5.41) is 5.59. The van der Waals surface area contributed by atoms with Gasteiger partial charge in [0.2, 0.25) is 0 Å². The summed E-state index contributed by atoms with van der Waals surface area (Å²) >= 11 is 0. The van der Waals surface area contributed by atoms with Gasteiger partial charge in [-0.15, -0.1) is 0 Å². The molecule has 2 amide bonds. The molecule has 0 atom stereocenters. The zero-order valence-electron chi connectivity index (χ0n) is 16.0. The van der Waals surface area contributed by atoms with E-state index in [0.717, 1.165) is 11.8 Å². The number of aryl methyl sites for hydroxylation is 1.